The van der Waals surface area contributed by atoms with Gasteiger partial charge in [-0.05, 0) is 120 Å². The van der Waals surface area contributed by atoms with Crippen LogP contribution in [0.4, 0.5) is 0 Å². The first-order chi connectivity index (χ1) is 19.0. The number of amides is 2. The monoisotopic (exact) mass is 576 g/mol. The Labute approximate surface area is 249 Å². The van der Waals surface area contributed by atoms with Crippen LogP contribution in [0.5, 0.6) is 0 Å². The minimum atomic E-state index is -0.762. The first-order valence-electron chi connectivity index (χ1n) is 13.2. The van der Waals surface area contributed by atoms with Crippen LogP contribution in [0.25, 0.3) is 10.8 Å². The number of benzene rings is 2. The largest absolute Gasteiger partial charge is 2.00 e. The van der Waals surface area contributed by atoms with Gasteiger partial charge in [-0.3, -0.25) is 9.59 Å². The smallest absolute Gasteiger partial charge is 0.464 e. The molecule has 40 heavy (non-hydrogen) atoms. The number of fused-ring (bicyclic) bond motifs is 1. The van der Waals surface area contributed by atoms with Gasteiger partial charge in [0.25, 0.3) is 5.91 Å². The minimum absolute atomic E-state index is 0. The second-order valence-corrected chi connectivity index (χ2v) is 9.30. The first-order valence-corrected chi connectivity index (χ1v) is 13.2. The zero-order valence-electron chi connectivity index (χ0n) is 22.6. The molecule has 0 bridgehead atoms. The van der Waals surface area contributed by atoms with Crippen molar-refractivity contribution >= 4 is 28.6 Å². The van der Waals surface area contributed by atoms with Gasteiger partial charge in [0, 0.05) is 17.7 Å². The molecule has 204 valence electrons. The van der Waals surface area contributed by atoms with E-state index in [4.69, 9.17) is 4.74 Å². The van der Waals surface area contributed by atoms with Crippen LogP contribution in [0, 0.1) is 75.5 Å². The topological polar surface area (TPSA) is 75.7 Å². The van der Waals surface area contributed by atoms with Gasteiger partial charge in [-0.2, -0.15) is 0 Å². The molecule has 1 N–H and O–H groups in total. The summed E-state index contributed by atoms with van der Waals surface area (Å²) in [7, 11) is 0. The number of nitrogens with one attached hydrogen (secondary N) is 1. The van der Waals surface area contributed by atoms with Gasteiger partial charge in [-0.15, -0.1) is 0 Å². The molecule has 2 saturated carbocycles. The number of nitrogens with zero attached hydrogens (tertiary/aromatic N) is 1. The summed E-state index contributed by atoms with van der Waals surface area (Å²) in [4.78, 5) is 39.5. The molecule has 0 spiro atoms. The van der Waals surface area contributed by atoms with Crippen LogP contribution in [-0.2, 0) is 31.4 Å². The molecule has 1 saturated heterocycles. The Balaban J connectivity index is 0.000000662. The molecular formula is C33H32FeN2O4+2. The Morgan fingerprint density at radius 1 is 0.950 bits per heavy atom. The predicted octanol–water partition coefficient (Wildman–Crippen LogP) is 4.29. The van der Waals surface area contributed by atoms with Gasteiger partial charge in [0.05, 0.1) is 12.5 Å². The number of carbonyl (C=O) groups excluding carboxylic acids is 3. The zero-order chi connectivity index (χ0) is 27.6. The van der Waals surface area contributed by atoms with E-state index in [-0.39, 0.29) is 35.5 Å². The van der Waals surface area contributed by atoms with Crippen molar-refractivity contribution in [1.82, 2.24) is 10.2 Å². The standard InChI is InChI=1S/C28H27N2O4.C5H5.Fe/c1-3-34-28(33)19(2)29-26(31)25-9-6-16-30(25)27(32)24-15-14-22-17-21(12-13-23(22)18-24)11-10-20-7-4-5-8-20;1-2-4-5-3-1;/h4-5,7-8,12-15,17-19,25H,3,6,9,16H2,1-2H3,(H,29,31);1-5H;/q;;+2/t19-,25-;;/m0../s1. The molecule has 2 atom stereocenters. The third-order valence-electron chi connectivity index (χ3n) is 6.47. The summed E-state index contributed by atoms with van der Waals surface area (Å²) in [6.07, 6.45) is 19.1. The number of esters is 1. The SMILES string of the molecule is CCOC(=O)[C@H](C)NC(=O)[C@@H]1CCCN1C(=O)c1ccc2cc(C#C[C]3[CH][CH][CH][CH]3)ccc2c1.[CH]1[CH][CH][CH][CH]1.[Fe+2]. The summed E-state index contributed by atoms with van der Waals surface area (Å²) in [6.45, 7) is 4.04. The number of hydrogen-bond acceptors (Lipinski definition) is 4. The number of likely N-dealkylation sites (tertiary alicyclic amines) is 1. The number of rotatable bonds is 5. The third kappa shape index (κ3) is 8.59. The Hall–Kier alpha value is -2.81. The second-order valence-electron chi connectivity index (χ2n) is 9.30. The molecule has 7 heteroatoms. The molecule has 3 fully saturated rings. The molecule has 6 nitrogen and oxygen atoms in total. The normalized spacial score (nSPS) is 19.1. The molecule has 3 aliphatic rings. The van der Waals surface area contributed by atoms with Crippen LogP contribution in [0.2, 0.25) is 0 Å². The van der Waals surface area contributed by atoms with Gasteiger partial charge in [0.2, 0.25) is 5.91 Å². The number of carbonyl (C=O) groups is 3. The summed E-state index contributed by atoms with van der Waals surface area (Å²) in [5, 5.41) is 4.60. The maximum atomic E-state index is 13.3. The van der Waals surface area contributed by atoms with Crippen LogP contribution < -0.4 is 5.32 Å². The minimum Gasteiger partial charge on any atom is -0.464 e. The molecule has 5 rings (SSSR count). The van der Waals surface area contributed by atoms with E-state index >= 15 is 0 Å². The summed E-state index contributed by atoms with van der Waals surface area (Å²) in [6, 6.07) is 10.1. The van der Waals surface area contributed by atoms with Crippen molar-refractivity contribution in [3.05, 3.63) is 111 Å². The summed E-state index contributed by atoms with van der Waals surface area (Å²) < 4.78 is 4.95. The third-order valence-corrected chi connectivity index (χ3v) is 6.47. The molecule has 10 radical (unpaired) electrons. The van der Waals surface area contributed by atoms with E-state index in [1.807, 2.05) is 88.1 Å². The summed E-state index contributed by atoms with van der Waals surface area (Å²) in [5.41, 5.74) is 1.43. The Kier molecular flexibility index (Phi) is 12.6. The van der Waals surface area contributed by atoms with Crippen molar-refractivity contribution in [2.75, 3.05) is 13.2 Å². The Morgan fingerprint density at radius 2 is 1.60 bits per heavy atom. The van der Waals surface area contributed by atoms with E-state index in [1.165, 1.54) is 0 Å². The molecule has 2 aliphatic carbocycles. The van der Waals surface area contributed by atoms with Crippen molar-refractivity contribution in [1.29, 1.82) is 0 Å². The van der Waals surface area contributed by atoms with Gasteiger partial charge in [-0.1, -0.05) is 24.0 Å². The fourth-order valence-electron chi connectivity index (χ4n) is 4.46. The van der Waals surface area contributed by atoms with Crippen LogP contribution in [-0.4, -0.2) is 47.9 Å². The van der Waals surface area contributed by atoms with Crippen molar-refractivity contribution in [3.63, 3.8) is 0 Å². The summed E-state index contributed by atoms with van der Waals surface area (Å²) >= 11 is 0. The molecule has 2 amide bonds. The van der Waals surface area contributed by atoms with E-state index in [0.29, 0.717) is 18.5 Å². The van der Waals surface area contributed by atoms with Gasteiger partial charge in [-0.25, -0.2) is 4.79 Å². The second kappa shape index (κ2) is 15.8. The van der Waals surface area contributed by atoms with Crippen molar-refractivity contribution < 1.29 is 36.2 Å². The fourth-order valence-corrected chi connectivity index (χ4v) is 4.46. The molecule has 1 heterocycles. The van der Waals surface area contributed by atoms with E-state index in [1.54, 1.807) is 24.8 Å². The van der Waals surface area contributed by atoms with Crippen molar-refractivity contribution in [3.8, 4) is 11.8 Å². The molecular weight excluding hydrogens is 544 g/mol. The maximum Gasteiger partial charge on any atom is 2.00 e. The molecule has 2 aromatic carbocycles. The van der Waals surface area contributed by atoms with Gasteiger partial charge in [0.1, 0.15) is 12.1 Å². The quantitative estimate of drug-likeness (QED) is 0.328. The van der Waals surface area contributed by atoms with E-state index in [2.05, 4.69) is 17.2 Å². The van der Waals surface area contributed by atoms with E-state index in [9.17, 15) is 14.4 Å². The van der Waals surface area contributed by atoms with Crippen molar-refractivity contribution in [2.24, 2.45) is 0 Å². The average Bonchev–Trinajstić information content (AvgIpc) is 3.75. The van der Waals surface area contributed by atoms with Gasteiger partial charge < -0.3 is 15.0 Å². The first kappa shape index (κ1) is 31.7. The van der Waals surface area contributed by atoms with Crippen LogP contribution in [0.1, 0.15) is 42.6 Å². The fraction of sp³-hybridized carbons (Fsp3) is 0.242. The molecule has 1 aliphatic heterocycles. The van der Waals surface area contributed by atoms with Crippen molar-refractivity contribution in [2.45, 2.75) is 38.8 Å². The molecule has 0 aromatic heterocycles. The predicted molar refractivity (Wildman–Crippen MR) is 151 cm³/mol. The Bertz CT molecular complexity index is 1220. The van der Waals surface area contributed by atoms with Crippen LogP contribution in [0.15, 0.2) is 36.4 Å². The number of ether oxygens (including phenoxy) is 1. The average molecular weight is 576 g/mol. The molecule has 0 unspecified atom stereocenters. The summed E-state index contributed by atoms with van der Waals surface area (Å²) in [5.74, 6) is 6.27. The molecule has 2 aromatic rings. The van der Waals surface area contributed by atoms with Crippen LogP contribution >= 0.6 is 0 Å². The van der Waals surface area contributed by atoms with Gasteiger partial charge in [0.15, 0.2) is 0 Å². The van der Waals surface area contributed by atoms with Crippen LogP contribution in [0.3, 0.4) is 0 Å². The van der Waals surface area contributed by atoms with Gasteiger partial charge >= 0.3 is 23.0 Å². The zero-order valence-corrected chi connectivity index (χ0v) is 23.7. The van der Waals surface area contributed by atoms with E-state index < -0.39 is 18.1 Å². The maximum absolute atomic E-state index is 13.3. The number of hydrogen-bond donors (Lipinski definition) is 1. The Morgan fingerprint density at radius 3 is 2.27 bits per heavy atom. The van der Waals surface area contributed by atoms with E-state index in [0.717, 1.165) is 28.7 Å².